The fraction of sp³-hybridized carbons (Fsp3) is 0.286. The van der Waals surface area contributed by atoms with Crippen LogP contribution in [0.2, 0.25) is 0 Å². The molecular weight excluding hydrogens is 278 g/mol. The van der Waals surface area contributed by atoms with E-state index in [0.29, 0.717) is 0 Å². The van der Waals surface area contributed by atoms with Crippen LogP contribution in [0.1, 0.15) is 31.6 Å². The Kier molecular flexibility index (Phi) is 3.69. The van der Waals surface area contributed by atoms with Crippen LogP contribution >= 0.6 is 15.9 Å². The Hall–Kier alpha value is -1.06. The molecule has 0 amide bonds. The van der Waals surface area contributed by atoms with Gasteiger partial charge >= 0.3 is 0 Å². The minimum atomic E-state index is -0.0639. The maximum absolute atomic E-state index is 6.11. The average Bonchev–Trinajstić information content (AvgIpc) is 2.71. The summed E-state index contributed by atoms with van der Waals surface area (Å²) in [5, 5.41) is 1.08. The molecule has 0 bridgehead atoms. The number of furan rings is 1. The third kappa shape index (κ3) is 2.79. The highest BCUT2D eigenvalue weighted by atomic mass is 79.9. The topological polar surface area (TPSA) is 39.2 Å². The molecule has 2 rings (SSSR count). The van der Waals surface area contributed by atoms with E-state index in [1.54, 1.807) is 0 Å². The Labute approximate surface area is 110 Å². The van der Waals surface area contributed by atoms with Gasteiger partial charge in [0.2, 0.25) is 0 Å². The smallest absolute Gasteiger partial charge is 0.148 e. The van der Waals surface area contributed by atoms with Crippen LogP contribution in [0.5, 0.6) is 0 Å². The number of benzene rings is 1. The van der Waals surface area contributed by atoms with Gasteiger partial charge in [-0.25, -0.2) is 0 Å². The maximum Gasteiger partial charge on any atom is 0.148 e. The molecule has 0 radical (unpaired) electrons. The largest absolute Gasteiger partial charge is 0.458 e. The molecule has 2 nitrogen and oxygen atoms in total. The van der Waals surface area contributed by atoms with Crippen molar-refractivity contribution in [3.05, 3.63) is 46.7 Å². The number of fused-ring (bicyclic) bond motifs is 1. The van der Waals surface area contributed by atoms with E-state index in [1.165, 1.54) is 0 Å². The van der Waals surface area contributed by atoms with Crippen LogP contribution in [-0.4, -0.2) is 0 Å². The zero-order chi connectivity index (χ0) is 12.4. The molecule has 0 fully saturated rings. The monoisotopic (exact) mass is 293 g/mol. The molecule has 0 saturated heterocycles. The average molecular weight is 294 g/mol. The first-order chi connectivity index (χ1) is 8.08. The van der Waals surface area contributed by atoms with Crippen molar-refractivity contribution in [3.8, 4) is 0 Å². The first-order valence-electron chi connectivity index (χ1n) is 5.66. The molecule has 0 spiro atoms. The van der Waals surface area contributed by atoms with Crippen LogP contribution < -0.4 is 5.73 Å². The second-order valence-corrected chi connectivity index (χ2v) is 5.26. The molecular formula is C14H16BrNO. The molecule has 3 heteroatoms. The normalized spacial score (nSPS) is 12.9. The van der Waals surface area contributed by atoms with Crippen LogP contribution in [0.15, 0.2) is 45.3 Å². The third-order valence-corrected chi connectivity index (χ3v) is 3.39. The molecule has 2 N–H and O–H groups in total. The number of rotatable bonds is 4. The van der Waals surface area contributed by atoms with Gasteiger partial charge in [-0.15, -0.1) is 6.58 Å². The molecule has 1 atom stereocenters. The Balaban J connectivity index is 2.24. The molecule has 90 valence electrons. The fourth-order valence-electron chi connectivity index (χ4n) is 1.77. The van der Waals surface area contributed by atoms with E-state index in [1.807, 2.05) is 31.2 Å². The summed E-state index contributed by atoms with van der Waals surface area (Å²) < 4.78 is 6.76. The van der Waals surface area contributed by atoms with Gasteiger partial charge in [-0.3, -0.25) is 0 Å². The summed E-state index contributed by atoms with van der Waals surface area (Å²) in [4.78, 5) is 0. The van der Waals surface area contributed by atoms with Crippen molar-refractivity contribution in [1.82, 2.24) is 0 Å². The minimum Gasteiger partial charge on any atom is -0.458 e. The Morgan fingerprint density at radius 2 is 2.29 bits per heavy atom. The number of para-hydroxylation sites is 1. The van der Waals surface area contributed by atoms with E-state index in [9.17, 15) is 0 Å². The van der Waals surface area contributed by atoms with E-state index in [4.69, 9.17) is 10.2 Å². The summed E-state index contributed by atoms with van der Waals surface area (Å²) in [6, 6.07) is 7.94. The van der Waals surface area contributed by atoms with Crippen molar-refractivity contribution in [2.75, 3.05) is 0 Å². The number of hydrogen-bond acceptors (Lipinski definition) is 2. The highest BCUT2D eigenvalue weighted by Gasteiger charge is 2.13. The van der Waals surface area contributed by atoms with Crippen LogP contribution in [0.25, 0.3) is 11.0 Å². The van der Waals surface area contributed by atoms with Crippen LogP contribution in [0.3, 0.4) is 0 Å². The van der Waals surface area contributed by atoms with Gasteiger partial charge in [-0.2, -0.15) is 0 Å². The van der Waals surface area contributed by atoms with Gasteiger partial charge in [-0.1, -0.05) is 17.7 Å². The molecule has 0 aliphatic rings. The molecule has 2 aromatic rings. The van der Waals surface area contributed by atoms with Crippen molar-refractivity contribution in [3.63, 3.8) is 0 Å². The van der Waals surface area contributed by atoms with Crippen molar-refractivity contribution < 1.29 is 4.42 Å². The van der Waals surface area contributed by atoms with Crippen LogP contribution in [-0.2, 0) is 0 Å². The van der Waals surface area contributed by atoms with E-state index in [-0.39, 0.29) is 6.04 Å². The lowest BCUT2D eigenvalue weighted by atomic mass is 10.1. The summed E-state index contributed by atoms with van der Waals surface area (Å²) in [6.07, 6.45) is 1.80. The zero-order valence-corrected chi connectivity index (χ0v) is 11.5. The van der Waals surface area contributed by atoms with E-state index < -0.39 is 0 Å². The van der Waals surface area contributed by atoms with Gasteiger partial charge in [0.15, 0.2) is 0 Å². The standard InChI is InChI=1S/C14H16BrNO/c1-9(2)6-7-12(16)13-8-10-4-3-5-11(15)14(10)17-13/h3-5,8,12H,1,6-7,16H2,2H3. The first kappa shape index (κ1) is 12.4. The number of nitrogens with two attached hydrogens (primary N) is 1. The summed E-state index contributed by atoms with van der Waals surface area (Å²) in [5.74, 6) is 0.841. The van der Waals surface area contributed by atoms with Crippen LogP contribution in [0, 0.1) is 0 Å². The highest BCUT2D eigenvalue weighted by Crippen LogP contribution is 2.30. The molecule has 17 heavy (non-hydrogen) atoms. The molecule has 1 heterocycles. The molecule has 0 aliphatic heterocycles. The van der Waals surface area contributed by atoms with Gasteiger partial charge in [0, 0.05) is 5.39 Å². The number of hydrogen-bond donors (Lipinski definition) is 1. The van der Waals surface area contributed by atoms with E-state index in [2.05, 4.69) is 22.5 Å². The predicted molar refractivity (Wildman–Crippen MR) is 74.9 cm³/mol. The lowest BCUT2D eigenvalue weighted by Crippen LogP contribution is -2.08. The SMILES string of the molecule is C=C(C)CCC(N)c1cc2cccc(Br)c2o1. The van der Waals surface area contributed by atoms with Crippen molar-refractivity contribution in [2.24, 2.45) is 5.73 Å². The zero-order valence-electron chi connectivity index (χ0n) is 9.87. The lowest BCUT2D eigenvalue weighted by Gasteiger charge is -2.07. The number of halogens is 1. The Morgan fingerprint density at radius 3 is 2.94 bits per heavy atom. The summed E-state index contributed by atoms with van der Waals surface area (Å²) in [7, 11) is 0. The van der Waals surface area contributed by atoms with Gasteiger partial charge in [0.25, 0.3) is 0 Å². The van der Waals surface area contributed by atoms with Crippen molar-refractivity contribution in [2.45, 2.75) is 25.8 Å². The van der Waals surface area contributed by atoms with Gasteiger partial charge in [0.05, 0.1) is 10.5 Å². The summed E-state index contributed by atoms with van der Waals surface area (Å²) in [6.45, 7) is 5.90. The molecule has 0 aliphatic carbocycles. The summed E-state index contributed by atoms with van der Waals surface area (Å²) >= 11 is 3.47. The third-order valence-electron chi connectivity index (χ3n) is 2.76. The first-order valence-corrected chi connectivity index (χ1v) is 6.45. The van der Waals surface area contributed by atoms with Gasteiger partial charge in [0.1, 0.15) is 11.3 Å². The van der Waals surface area contributed by atoms with E-state index >= 15 is 0 Å². The van der Waals surface area contributed by atoms with Crippen molar-refractivity contribution in [1.29, 1.82) is 0 Å². The Bertz CT molecular complexity index is 544. The highest BCUT2D eigenvalue weighted by molar-refractivity contribution is 9.10. The molecule has 0 saturated carbocycles. The number of allylic oxidation sites excluding steroid dienone is 1. The second-order valence-electron chi connectivity index (χ2n) is 4.41. The Morgan fingerprint density at radius 1 is 1.53 bits per heavy atom. The predicted octanol–water partition coefficient (Wildman–Crippen LogP) is 4.55. The quantitative estimate of drug-likeness (QED) is 0.840. The van der Waals surface area contributed by atoms with Crippen LogP contribution in [0.4, 0.5) is 0 Å². The fourth-order valence-corrected chi connectivity index (χ4v) is 2.24. The van der Waals surface area contributed by atoms with Gasteiger partial charge < -0.3 is 10.2 Å². The lowest BCUT2D eigenvalue weighted by molar-refractivity contribution is 0.477. The molecule has 1 unspecified atom stereocenters. The minimum absolute atomic E-state index is 0.0639. The molecule has 1 aromatic heterocycles. The summed E-state index contributed by atoms with van der Waals surface area (Å²) in [5.41, 5.74) is 8.13. The maximum atomic E-state index is 6.11. The van der Waals surface area contributed by atoms with Crippen molar-refractivity contribution >= 4 is 26.9 Å². The molecule has 1 aromatic carbocycles. The van der Waals surface area contributed by atoms with E-state index in [0.717, 1.165) is 39.6 Å². The second kappa shape index (κ2) is 5.07. The van der Waals surface area contributed by atoms with Gasteiger partial charge in [-0.05, 0) is 47.8 Å².